The molecule has 0 radical (unpaired) electrons. The molecule has 5 aromatic carbocycles. The van der Waals surface area contributed by atoms with E-state index in [1.807, 2.05) is 6.07 Å². The molecule has 0 spiro atoms. The zero-order valence-corrected chi connectivity index (χ0v) is 37.3. The minimum Gasteiger partial charge on any atom is -0.494 e. The zero-order valence-electron chi connectivity index (χ0n) is 36.5. The Morgan fingerprint density at radius 2 is 1.05 bits per heavy atom. The third-order valence-corrected chi connectivity index (χ3v) is 14.6. The van der Waals surface area contributed by atoms with Gasteiger partial charge in [0.25, 0.3) is 0 Å². The van der Waals surface area contributed by atoms with E-state index in [1.165, 1.54) is 107 Å². The highest BCUT2D eigenvalue weighted by atomic mass is 32.1. The number of thiophene rings is 1. The van der Waals surface area contributed by atoms with E-state index in [9.17, 15) is 5.11 Å². The summed E-state index contributed by atoms with van der Waals surface area (Å²) in [5.41, 5.74) is 16.1. The van der Waals surface area contributed by atoms with Crippen LogP contribution in [0.15, 0.2) is 127 Å². The molecule has 61 heavy (non-hydrogen) atoms. The third kappa shape index (κ3) is 7.86. The zero-order chi connectivity index (χ0) is 42.4. The van der Waals surface area contributed by atoms with E-state index in [-0.39, 0.29) is 16.7 Å². The Kier molecular flexibility index (Phi) is 13.0. The van der Waals surface area contributed by atoms with E-state index in [0.717, 1.165) is 46.7 Å². The highest BCUT2D eigenvalue weighted by Gasteiger charge is 2.44. The van der Waals surface area contributed by atoms with Gasteiger partial charge < -0.3 is 14.7 Å². The van der Waals surface area contributed by atoms with Crippen LogP contribution in [0.25, 0.3) is 43.6 Å². The molecule has 0 saturated heterocycles. The van der Waals surface area contributed by atoms with Gasteiger partial charge in [0.2, 0.25) is 0 Å². The van der Waals surface area contributed by atoms with Crippen LogP contribution < -0.4 is 4.90 Å². The Labute approximate surface area is 368 Å². The van der Waals surface area contributed by atoms with Gasteiger partial charge in [-0.3, -0.25) is 0 Å². The van der Waals surface area contributed by atoms with Crippen molar-refractivity contribution in [2.24, 2.45) is 0 Å². The maximum absolute atomic E-state index is 9.22. The summed E-state index contributed by atoms with van der Waals surface area (Å²) in [4.78, 5) is 7.95. The number of nitrogens with zero attached hydrogens (tertiary/aromatic N) is 2. The Balaban J connectivity index is 1.29. The summed E-state index contributed by atoms with van der Waals surface area (Å²) in [6, 6.07) is 46.2. The molecule has 8 rings (SSSR count). The maximum atomic E-state index is 9.22. The molecule has 2 aliphatic carbocycles. The molecular weight excluding hydrogens is 765 g/mol. The number of ether oxygens (including phenoxy) is 1. The fourth-order valence-corrected chi connectivity index (χ4v) is 11.4. The molecule has 0 unspecified atom stereocenters. The smallest absolute Gasteiger partial charge is 0.343 e. The number of aliphatic hydroxyl groups is 1. The van der Waals surface area contributed by atoms with Gasteiger partial charge in [-0.15, -0.1) is 11.3 Å². The van der Waals surface area contributed by atoms with E-state index in [2.05, 4.69) is 153 Å². The minimum atomic E-state index is -0.518. The van der Waals surface area contributed by atoms with Crippen molar-refractivity contribution in [3.63, 3.8) is 0 Å². The lowest BCUT2D eigenvalue weighted by Gasteiger charge is -2.35. The van der Waals surface area contributed by atoms with Crippen molar-refractivity contribution < 1.29 is 9.84 Å². The van der Waals surface area contributed by atoms with Crippen LogP contribution in [0, 0.1) is 6.57 Å². The minimum absolute atomic E-state index is 0.0147. The van der Waals surface area contributed by atoms with Crippen LogP contribution in [-0.4, -0.2) is 11.9 Å². The van der Waals surface area contributed by atoms with Crippen molar-refractivity contribution in [2.75, 3.05) is 11.7 Å². The molecule has 1 aromatic heterocycles. The number of fused-ring (bicyclic) bond motifs is 6. The van der Waals surface area contributed by atoms with Crippen molar-refractivity contribution in [1.82, 2.24) is 0 Å². The van der Waals surface area contributed by atoms with Crippen LogP contribution in [0.1, 0.15) is 132 Å². The molecular formula is C56H60N2O2S. The van der Waals surface area contributed by atoms with Crippen LogP contribution in [0.3, 0.4) is 0 Å². The van der Waals surface area contributed by atoms with Crippen molar-refractivity contribution in [3.05, 3.63) is 166 Å². The normalized spacial score (nSPS) is 14.2. The predicted octanol–water partition coefficient (Wildman–Crippen LogP) is 16.4. The summed E-state index contributed by atoms with van der Waals surface area (Å²) in [6.07, 6.45) is 15.8. The molecule has 1 N–H and O–H groups in total. The van der Waals surface area contributed by atoms with Crippen LogP contribution in [0.5, 0.6) is 0 Å². The van der Waals surface area contributed by atoms with Gasteiger partial charge in [-0.05, 0) is 130 Å². The number of anilines is 3. The third-order valence-electron chi connectivity index (χ3n) is 13.5. The lowest BCUT2D eigenvalue weighted by Crippen LogP contribution is -2.26. The first-order chi connectivity index (χ1) is 29.9. The highest BCUT2D eigenvalue weighted by molar-refractivity contribution is 7.16. The lowest BCUT2D eigenvalue weighted by molar-refractivity contribution is 0.0490. The summed E-state index contributed by atoms with van der Waals surface area (Å²) in [7, 11) is 0. The van der Waals surface area contributed by atoms with Crippen molar-refractivity contribution in [3.8, 4) is 32.7 Å². The van der Waals surface area contributed by atoms with Crippen LogP contribution >= 0.6 is 11.3 Å². The van der Waals surface area contributed by atoms with Gasteiger partial charge in [0, 0.05) is 37.6 Å². The summed E-state index contributed by atoms with van der Waals surface area (Å²) < 4.78 is 5.09. The molecule has 0 aliphatic heterocycles. The first-order valence-electron chi connectivity index (χ1n) is 22.8. The Hall–Kier alpha value is -5.41. The molecule has 0 bridgehead atoms. The van der Waals surface area contributed by atoms with Crippen molar-refractivity contribution in [1.29, 1.82) is 0 Å². The van der Waals surface area contributed by atoms with Gasteiger partial charge in [0.1, 0.15) is 0 Å². The molecule has 1 heterocycles. The number of rotatable bonds is 19. The quantitative estimate of drug-likeness (QED) is 0.0502. The Bertz CT molecular complexity index is 2400. The van der Waals surface area contributed by atoms with Gasteiger partial charge in [-0.1, -0.05) is 152 Å². The molecule has 312 valence electrons. The van der Waals surface area contributed by atoms with Crippen molar-refractivity contribution >= 4 is 34.5 Å². The largest absolute Gasteiger partial charge is 0.494 e. The molecule has 5 heteroatoms. The van der Waals surface area contributed by atoms with E-state index in [1.54, 1.807) is 17.4 Å². The SMILES string of the molecule is [C-]#[N+]/C(=C\c1ccc(-c2ccc(N(c3ccc4c(c3)C(CCCC)(CCCC)c3ccccc3-4)c3ccc4c(c3)C(CCCC)(CCCC)c3ccccc3-4)cc2)s1)OCO. The van der Waals surface area contributed by atoms with Gasteiger partial charge in [-0.25, -0.2) is 0 Å². The average Bonchev–Trinajstić information content (AvgIpc) is 3.96. The number of aliphatic hydroxyl groups excluding tert-OH is 1. The van der Waals surface area contributed by atoms with Gasteiger partial charge in [0.05, 0.1) is 6.57 Å². The molecule has 0 saturated carbocycles. The van der Waals surface area contributed by atoms with Gasteiger partial charge in [0.15, 0.2) is 6.79 Å². The van der Waals surface area contributed by atoms with E-state index in [0.29, 0.717) is 0 Å². The predicted molar refractivity (Wildman–Crippen MR) is 258 cm³/mol. The Morgan fingerprint density at radius 3 is 1.51 bits per heavy atom. The number of unbranched alkanes of at least 4 members (excludes halogenated alkanes) is 4. The number of hydrogen-bond acceptors (Lipinski definition) is 4. The average molecular weight is 825 g/mol. The van der Waals surface area contributed by atoms with E-state index in [4.69, 9.17) is 11.3 Å². The summed E-state index contributed by atoms with van der Waals surface area (Å²) in [5, 5.41) is 9.22. The molecule has 0 amide bonds. The summed E-state index contributed by atoms with van der Waals surface area (Å²) in [6.45, 7) is 16.2. The molecule has 0 fully saturated rings. The first-order valence-corrected chi connectivity index (χ1v) is 23.6. The monoisotopic (exact) mass is 824 g/mol. The van der Waals surface area contributed by atoms with Crippen LogP contribution in [0.4, 0.5) is 17.1 Å². The van der Waals surface area contributed by atoms with E-state index < -0.39 is 6.79 Å². The fraction of sp³-hybridized carbons (Fsp3) is 0.339. The fourth-order valence-electron chi connectivity index (χ4n) is 10.5. The standard InChI is InChI=1S/C56H60N2O2S/c1-6-10-32-55(33-11-7-2)49-20-16-14-18-45(49)47-29-26-42(36-51(47)55)58(41-24-22-40(23-25-41)53-31-28-44(61-53)38-54(57-5)60-39-59)43-27-30-48-46-19-15-17-21-50(46)56(34-12-8-3,35-13-9-4)52(48)37-43/h14-31,36-38,59H,6-13,32-35,39H2,1-4H3/b54-38+. The van der Waals surface area contributed by atoms with Crippen LogP contribution in [-0.2, 0) is 15.6 Å². The highest BCUT2D eigenvalue weighted by Crippen LogP contribution is 2.58. The van der Waals surface area contributed by atoms with E-state index >= 15 is 0 Å². The molecule has 2 aliphatic rings. The first kappa shape index (κ1) is 42.3. The second kappa shape index (κ2) is 18.7. The van der Waals surface area contributed by atoms with Crippen LogP contribution in [0.2, 0.25) is 0 Å². The maximum Gasteiger partial charge on any atom is 0.343 e. The summed E-state index contributed by atoms with van der Waals surface area (Å²) in [5.74, 6) is 0.0820. The molecule has 6 aromatic rings. The second-order valence-electron chi connectivity index (χ2n) is 17.1. The second-order valence-corrected chi connectivity index (χ2v) is 18.2. The topological polar surface area (TPSA) is 37.1 Å². The van der Waals surface area contributed by atoms with Gasteiger partial charge >= 0.3 is 5.88 Å². The Morgan fingerprint density at radius 1 is 0.590 bits per heavy atom. The van der Waals surface area contributed by atoms with Gasteiger partial charge in [-0.2, -0.15) is 4.85 Å². The van der Waals surface area contributed by atoms with Crippen molar-refractivity contribution in [2.45, 2.75) is 116 Å². The molecule has 4 nitrogen and oxygen atoms in total. The number of hydrogen-bond donors (Lipinski definition) is 1. The molecule has 0 atom stereocenters. The summed E-state index contributed by atoms with van der Waals surface area (Å²) >= 11 is 1.61. The number of benzene rings is 5. The lowest BCUT2D eigenvalue weighted by atomic mass is 9.70.